The monoisotopic (exact) mass is 338 g/mol. The zero-order valence-corrected chi connectivity index (χ0v) is 14.7. The fourth-order valence-electron chi connectivity index (χ4n) is 3.26. The van der Waals surface area contributed by atoms with Crippen LogP contribution in [0.3, 0.4) is 0 Å². The van der Waals surface area contributed by atoms with E-state index >= 15 is 0 Å². The number of benzene rings is 3. The lowest BCUT2D eigenvalue weighted by molar-refractivity contribution is -0.657. The predicted octanol–water partition coefficient (Wildman–Crippen LogP) is 4.99. The van der Waals surface area contributed by atoms with E-state index in [1.54, 1.807) is 0 Å². The lowest BCUT2D eigenvalue weighted by Gasteiger charge is -2.04. The molecular weight excluding hydrogens is 318 g/mol. The molecule has 0 fully saturated rings. The SMILES string of the molecule is Cc1ccc2c(ccc[n+]2CC(=O)c2ccc(-c3ccccc3)cc2)c1. The number of hydrogen-bond donors (Lipinski definition) is 0. The Morgan fingerprint density at radius 1 is 0.808 bits per heavy atom. The molecule has 0 aliphatic rings. The number of Topliss-reactive ketones (excluding diaryl/α,β-unsaturated/α-hetero) is 1. The van der Waals surface area contributed by atoms with Gasteiger partial charge in [-0.25, -0.2) is 0 Å². The second-order valence-corrected chi connectivity index (χ2v) is 6.56. The van der Waals surface area contributed by atoms with Crippen molar-refractivity contribution in [2.45, 2.75) is 13.5 Å². The summed E-state index contributed by atoms with van der Waals surface area (Å²) in [6.45, 7) is 2.42. The van der Waals surface area contributed by atoms with Gasteiger partial charge in [0.25, 0.3) is 0 Å². The van der Waals surface area contributed by atoms with Gasteiger partial charge in [-0.15, -0.1) is 0 Å². The Bertz CT molecular complexity index is 1070. The summed E-state index contributed by atoms with van der Waals surface area (Å²) in [6.07, 6.45) is 1.97. The highest BCUT2D eigenvalue weighted by Gasteiger charge is 2.15. The Morgan fingerprint density at radius 2 is 1.54 bits per heavy atom. The van der Waals surface area contributed by atoms with E-state index in [0.29, 0.717) is 6.54 Å². The molecule has 0 spiro atoms. The average molecular weight is 338 g/mol. The quantitative estimate of drug-likeness (QED) is 0.379. The number of hydrogen-bond acceptors (Lipinski definition) is 1. The van der Waals surface area contributed by atoms with E-state index in [-0.39, 0.29) is 5.78 Å². The molecule has 0 atom stereocenters. The zero-order valence-electron chi connectivity index (χ0n) is 14.7. The summed E-state index contributed by atoms with van der Waals surface area (Å²) in [6, 6.07) is 28.4. The van der Waals surface area contributed by atoms with Crippen molar-refractivity contribution in [1.29, 1.82) is 0 Å². The van der Waals surface area contributed by atoms with Crippen LogP contribution in [0.2, 0.25) is 0 Å². The van der Waals surface area contributed by atoms with E-state index in [0.717, 1.165) is 27.6 Å². The van der Waals surface area contributed by atoms with Crippen LogP contribution in [0.1, 0.15) is 15.9 Å². The molecule has 0 unspecified atom stereocenters. The highest BCUT2D eigenvalue weighted by molar-refractivity contribution is 5.95. The van der Waals surface area contributed by atoms with Crippen LogP contribution in [-0.2, 0) is 6.54 Å². The number of pyridine rings is 1. The van der Waals surface area contributed by atoms with Crippen molar-refractivity contribution in [2.75, 3.05) is 0 Å². The maximum atomic E-state index is 12.8. The second-order valence-electron chi connectivity index (χ2n) is 6.56. The number of nitrogens with zero attached hydrogens (tertiary/aromatic N) is 1. The van der Waals surface area contributed by atoms with E-state index in [1.807, 2.05) is 59.3 Å². The van der Waals surface area contributed by atoms with Crippen molar-refractivity contribution < 1.29 is 9.36 Å². The van der Waals surface area contributed by atoms with Crippen molar-refractivity contribution in [1.82, 2.24) is 0 Å². The number of aromatic nitrogens is 1. The molecule has 3 aromatic carbocycles. The lowest BCUT2D eigenvalue weighted by atomic mass is 10.0. The van der Waals surface area contributed by atoms with Crippen LogP contribution in [0.4, 0.5) is 0 Å². The molecule has 0 aliphatic carbocycles. The highest BCUT2D eigenvalue weighted by Crippen LogP contribution is 2.19. The molecule has 2 heteroatoms. The number of fused-ring (bicyclic) bond motifs is 1. The summed E-state index contributed by atoms with van der Waals surface area (Å²) in [5.41, 5.74) is 5.31. The molecule has 0 saturated heterocycles. The van der Waals surface area contributed by atoms with Crippen molar-refractivity contribution in [3.63, 3.8) is 0 Å². The standard InChI is InChI=1S/C24H20NO/c1-18-9-14-23-22(16-18)8-5-15-25(23)17-24(26)21-12-10-20(11-13-21)19-6-3-2-4-7-19/h2-16H,17H2,1H3/q+1. The Balaban J connectivity index is 1.59. The molecule has 0 amide bonds. The first-order valence-electron chi connectivity index (χ1n) is 8.78. The van der Waals surface area contributed by atoms with Crippen LogP contribution in [0.5, 0.6) is 0 Å². The van der Waals surface area contributed by atoms with Crippen LogP contribution < -0.4 is 4.57 Å². The highest BCUT2D eigenvalue weighted by atomic mass is 16.1. The van der Waals surface area contributed by atoms with E-state index in [4.69, 9.17) is 0 Å². The molecule has 26 heavy (non-hydrogen) atoms. The van der Waals surface area contributed by atoms with Gasteiger partial charge in [0, 0.05) is 23.1 Å². The molecule has 1 heterocycles. The van der Waals surface area contributed by atoms with Gasteiger partial charge in [0.2, 0.25) is 17.8 Å². The number of carbonyl (C=O) groups is 1. The predicted molar refractivity (Wildman–Crippen MR) is 105 cm³/mol. The third-order valence-corrected chi connectivity index (χ3v) is 4.66. The lowest BCUT2D eigenvalue weighted by Crippen LogP contribution is -2.38. The topological polar surface area (TPSA) is 20.9 Å². The molecule has 0 radical (unpaired) electrons. The average Bonchev–Trinajstić information content (AvgIpc) is 2.69. The molecular formula is C24H20NO+. The van der Waals surface area contributed by atoms with Crippen molar-refractivity contribution in [3.8, 4) is 11.1 Å². The van der Waals surface area contributed by atoms with Crippen molar-refractivity contribution in [3.05, 3.63) is 102 Å². The van der Waals surface area contributed by atoms with Crippen LogP contribution >= 0.6 is 0 Å². The van der Waals surface area contributed by atoms with Gasteiger partial charge in [-0.3, -0.25) is 4.79 Å². The van der Waals surface area contributed by atoms with Gasteiger partial charge in [-0.05, 0) is 30.2 Å². The smallest absolute Gasteiger partial charge is 0.227 e. The number of rotatable bonds is 4. The maximum Gasteiger partial charge on any atom is 0.227 e. The summed E-state index contributed by atoms with van der Waals surface area (Å²) in [5, 5.41) is 1.15. The number of carbonyl (C=O) groups excluding carboxylic acids is 1. The van der Waals surface area contributed by atoms with Gasteiger partial charge >= 0.3 is 0 Å². The van der Waals surface area contributed by atoms with E-state index in [1.165, 1.54) is 5.56 Å². The molecule has 0 bridgehead atoms. The largest absolute Gasteiger partial charge is 0.287 e. The molecule has 4 aromatic rings. The van der Waals surface area contributed by atoms with Gasteiger partial charge in [0.15, 0.2) is 6.20 Å². The Labute approximate surface area is 153 Å². The Kier molecular flexibility index (Phi) is 4.32. The molecule has 4 rings (SSSR count). The van der Waals surface area contributed by atoms with Gasteiger partial charge in [-0.2, -0.15) is 4.57 Å². The minimum Gasteiger partial charge on any atom is -0.287 e. The van der Waals surface area contributed by atoms with Crippen molar-refractivity contribution >= 4 is 16.7 Å². The van der Waals surface area contributed by atoms with Crippen LogP contribution in [0.25, 0.3) is 22.0 Å². The van der Waals surface area contributed by atoms with E-state index in [2.05, 4.69) is 43.3 Å². The zero-order chi connectivity index (χ0) is 17.9. The maximum absolute atomic E-state index is 12.8. The Hall–Kier alpha value is -3.26. The fraction of sp³-hybridized carbons (Fsp3) is 0.0833. The summed E-state index contributed by atoms with van der Waals surface area (Å²) in [5.74, 6) is 0.114. The van der Waals surface area contributed by atoms with Gasteiger partial charge < -0.3 is 0 Å². The molecule has 0 saturated carbocycles. The first kappa shape index (κ1) is 16.2. The third-order valence-electron chi connectivity index (χ3n) is 4.66. The number of ketones is 1. The van der Waals surface area contributed by atoms with E-state index in [9.17, 15) is 4.79 Å². The van der Waals surface area contributed by atoms with E-state index < -0.39 is 0 Å². The summed E-state index contributed by atoms with van der Waals surface area (Å²) >= 11 is 0. The van der Waals surface area contributed by atoms with Gasteiger partial charge in [0.1, 0.15) is 0 Å². The molecule has 0 N–H and O–H groups in total. The van der Waals surface area contributed by atoms with Gasteiger partial charge in [-0.1, -0.05) is 66.2 Å². The minimum absolute atomic E-state index is 0.114. The molecule has 1 aromatic heterocycles. The summed E-state index contributed by atoms with van der Waals surface area (Å²) in [4.78, 5) is 12.8. The third kappa shape index (κ3) is 3.27. The molecule has 126 valence electrons. The van der Waals surface area contributed by atoms with Crippen molar-refractivity contribution in [2.24, 2.45) is 0 Å². The first-order valence-corrected chi connectivity index (χ1v) is 8.78. The van der Waals surface area contributed by atoms with Crippen LogP contribution in [0, 0.1) is 6.92 Å². The summed E-state index contributed by atoms with van der Waals surface area (Å²) < 4.78 is 2.02. The molecule has 0 aliphatic heterocycles. The van der Waals surface area contributed by atoms with Crippen LogP contribution in [0.15, 0.2) is 91.1 Å². The summed E-state index contributed by atoms with van der Waals surface area (Å²) in [7, 11) is 0. The Morgan fingerprint density at radius 3 is 2.31 bits per heavy atom. The minimum atomic E-state index is 0.114. The van der Waals surface area contributed by atoms with Gasteiger partial charge in [0.05, 0.1) is 0 Å². The normalized spacial score (nSPS) is 10.8. The second kappa shape index (κ2) is 6.93. The molecule has 2 nitrogen and oxygen atoms in total. The van der Waals surface area contributed by atoms with Crippen LogP contribution in [-0.4, -0.2) is 5.78 Å². The fourth-order valence-corrected chi connectivity index (χ4v) is 3.26. The number of aryl methyl sites for hydroxylation is 1. The first-order chi connectivity index (χ1) is 12.7.